The molecule has 1 aliphatic rings. The molecule has 0 atom stereocenters. The number of rotatable bonds is 6. The predicted octanol–water partition coefficient (Wildman–Crippen LogP) is 4.25. The number of amides is 2. The first-order chi connectivity index (χ1) is 14.7. The molecule has 30 heavy (non-hydrogen) atoms. The summed E-state index contributed by atoms with van der Waals surface area (Å²) in [4.78, 5) is 23.5. The Bertz CT molecular complexity index is 1080. The number of carbonyl (C=O) groups excluding carboxylic acids is 2. The van der Waals surface area contributed by atoms with Crippen LogP contribution in [0.4, 0.5) is 11.4 Å². The van der Waals surface area contributed by atoms with Gasteiger partial charge in [0, 0.05) is 17.8 Å². The van der Waals surface area contributed by atoms with E-state index in [-0.39, 0.29) is 18.4 Å². The fourth-order valence-corrected chi connectivity index (χ4v) is 2.92. The minimum absolute atomic E-state index is 0.0324. The molecule has 0 aromatic heterocycles. The summed E-state index contributed by atoms with van der Waals surface area (Å²) in [6, 6.07) is 22.6. The van der Waals surface area contributed by atoms with Crippen molar-refractivity contribution in [2.24, 2.45) is 0 Å². The molecule has 6 heteroatoms. The number of carbonyl (C=O) groups is 2. The van der Waals surface area contributed by atoms with Gasteiger partial charge in [0.1, 0.15) is 18.1 Å². The van der Waals surface area contributed by atoms with Crippen molar-refractivity contribution in [3.63, 3.8) is 0 Å². The van der Waals surface area contributed by atoms with Crippen LogP contribution in [0.1, 0.15) is 11.1 Å². The summed E-state index contributed by atoms with van der Waals surface area (Å²) in [5.41, 5.74) is 3.17. The Morgan fingerprint density at radius 3 is 2.67 bits per heavy atom. The third-order valence-corrected chi connectivity index (χ3v) is 4.44. The Balaban J connectivity index is 1.31. The summed E-state index contributed by atoms with van der Waals surface area (Å²) in [7, 11) is 0. The monoisotopic (exact) mass is 400 g/mol. The number of anilines is 2. The molecular formula is C24H20N2O4. The second-order valence-electron chi connectivity index (χ2n) is 6.71. The Kier molecular flexibility index (Phi) is 5.75. The summed E-state index contributed by atoms with van der Waals surface area (Å²) in [6.45, 7) is 0.474. The molecule has 2 amide bonds. The molecule has 0 spiro atoms. The first-order valence-electron chi connectivity index (χ1n) is 9.48. The third-order valence-electron chi connectivity index (χ3n) is 4.44. The smallest absolute Gasteiger partial charge is 0.262 e. The fraction of sp³-hybridized carbons (Fsp3) is 0.0833. The molecule has 2 N–H and O–H groups in total. The van der Waals surface area contributed by atoms with Crippen LogP contribution in [0.25, 0.3) is 6.08 Å². The molecule has 3 aromatic carbocycles. The van der Waals surface area contributed by atoms with E-state index >= 15 is 0 Å². The van der Waals surface area contributed by atoms with Crippen LogP contribution in [0.2, 0.25) is 0 Å². The van der Waals surface area contributed by atoms with Crippen LogP contribution in [0.15, 0.2) is 78.9 Å². The van der Waals surface area contributed by atoms with Crippen molar-refractivity contribution >= 4 is 29.3 Å². The topological polar surface area (TPSA) is 76.7 Å². The lowest BCUT2D eigenvalue weighted by atomic mass is 10.2. The molecule has 0 saturated heterocycles. The minimum Gasteiger partial charge on any atom is -0.489 e. The summed E-state index contributed by atoms with van der Waals surface area (Å²) in [5, 5.41) is 5.49. The number of hydrogen-bond donors (Lipinski definition) is 2. The van der Waals surface area contributed by atoms with E-state index in [1.807, 2.05) is 54.6 Å². The SMILES string of the molecule is O=C(/C=C/c1ccc(OCc2ccccc2)cc1)Nc1ccc2c(c1)OCC(=O)N2. The first-order valence-corrected chi connectivity index (χ1v) is 9.48. The minimum atomic E-state index is -0.265. The average Bonchev–Trinajstić information content (AvgIpc) is 2.78. The Morgan fingerprint density at radius 1 is 1.07 bits per heavy atom. The zero-order valence-corrected chi connectivity index (χ0v) is 16.1. The van der Waals surface area contributed by atoms with Crippen LogP contribution >= 0.6 is 0 Å². The highest BCUT2D eigenvalue weighted by molar-refractivity contribution is 6.02. The maximum Gasteiger partial charge on any atom is 0.262 e. The van der Waals surface area contributed by atoms with Crippen molar-refractivity contribution in [2.45, 2.75) is 6.61 Å². The molecule has 0 aliphatic carbocycles. The zero-order valence-electron chi connectivity index (χ0n) is 16.1. The van der Waals surface area contributed by atoms with Gasteiger partial charge in [-0.2, -0.15) is 0 Å². The van der Waals surface area contributed by atoms with E-state index in [1.165, 1.54) is 6.08 Å². The zero-order chi connectivity index (χ0) is 20.8. The molecule has 1 aliphatic heterocycles. The molecule has 1 heterocycles. The highest BCUT2D eigenvalue weighted by Crippen LogP contribution is 2.30. The molecule has 0 saturated carbocycles. The van der Waals surface area contributed by atoms with E-state index in [0.717, 1.165) is 16.9 Å². The highest BCUT2D eigenvalue weighted by Gasteiger charge is 2.16. The van der Waals surface area contributed by atoms with E-state index < -0.39 is 0 Å². The number of nitrogens with one attached hydrogen (secondary N) is 2. The maximum atomic E-state index is 12.2. The first kappa shape index (κ1) is 19.3. The number of fused-ring (bicyclic) bond motifs is 1. The standard InChI is InChI=1S/C24H20N2O4/c27-23(25-19-9-12-21-22(14-19)30-16-24(28)26-21)13-8-17-6-10-20(11-7-17)29-15-18-4-2-1-3-5-18/h1-14H,15-16H2,(H,25,27)(H,26,28)/b13-8+. The largest absolute Gasteiger partial charge is 0.489 e. The van der Waals surface area contributed by atoms with E-state index in [9.17, 15) is 9.59 Å². The van der Waals surface area contributed by atoms with Gasteiger partial charge in [0.25, 0.3) is 5.91 Å². The van der Waals surface area contributed by atoms with Crippen molar-refractivity contribution in [3.05, 3.63) is 90.0 Å². The number of ether oxygens (including phenoxy) is 2. The van der Waals surface area contributed by atoms with Crippen molar-refractivity contribution in [3.8, 4) is 11.5 Å². The van der Waals surface area contributed by atoms with Crippen LogP contribution < -0.4 is 20.1 Å². The second kappa shape index (κ2) is 8.96. The summed E-state index contributed by atoms with van der Waals surface area (Å²) in [6.07, 6.45) is 3.19. The normalized spacial score (nSPS) is 12.6. The van der Waals surface area contributed by atoms with Crippen molar-refractivity contribution in [1.29, 1.82) is 0 Å². The molecule has 150 valence electrons. The molecular weight excluding hydrogens is 380 g/mol. The lowest BCUT2D eigenvalue weighted by Gasteiger charge is -2.18. The van der Waals surface area contributed by atoms with Gasteiger partial charge in [0.05, 0.1) is 5.69 Å². The van der Waals surface area contributed by atoms with Gasteiger partial charge in [0.2, 0.25) is 5.91 Å². The predicted molar refractivity (Wildman–Crippen MR) is 115 cm³/mol. The van der Waals surface area contributed by atoms with E-state index in [2.05, 4.69) is 10.6 Å². The molecule has 0 fully saturated rings. The fourth-order valence-electron chi connectivity index (χ4n) is 2.92. The summed E-state index contributed by atoms with van der Waals surface area (Å²) < 4.78 is 11.1. The van der Waals surface area contributed by atoms with Crippen LogP contribution in [0.5, 0.6) is 11.5 Å². The van der Waals surface area contributed by atoms with Gasteiger partial charge in [0.15, 0.2) is 6.61 Å². The van der Waals surface area contributed by atoms with Crippen molar-refractivity contribution < 1.29 is 19.1 Å². The van der Waals surface area contributed by atoms with Gasteiger partial charge in [-0.05, 0) is 41.5 Å². The maximum absolute atomic E-state index is 12.2. The van der Waals surface area contributed by atoms with Gasteiger partial charge in [-0.3, -0.25) is 9.59 Å². The Morgan fingerprint density at radius 2 is 1.87 bits per heavy atom. The van der Waals surface area contributed by atoms with Crippen LogP contribution in [-0.4, -0.2) is 18.4 Å². The quantitative estimate of drug-likeness (QED) is 0.607. The Labute approximate surface area is 174 Å². The second-order valence-corrected chi connectivity index (χ2v) is 6.71. The van der Waals surface area contributed by atoms with Crippen LogP contribution in [0, 0.1) is 0 Å². The molecule has 3 aromatic rings. The van der Waals surface area contributed by atoms with Crippen molar-refractivity contribution in [2.75, 3.05) is 17.2 Å². The van der Waals surface area contributed by atoms with Gasteiger partial charge in [-0.25, -0.2) is 0 Å². The number of benzene rings is 3. The van der Waals surface area contributed by atoms with Crippen LogP contribution in [0.3, 0.4) is 0 Å². The molecule has 0 radical (unpaired) electrons. The molecule has 0 bridgehead atoms. The van der Waals surface area contributed by atoms with E-state index in [0.29, 0.717) is 23.7 Å². The van der Waals surface area contributed by atoms with Gasteiger partial charge < -0.3 is 20.1 Å². The summed E-state index contributed by atoms with van der Waals surface area (Å²) in [5.74, 6) is 0.835. The highest BCUT2D eigenvalue weighted by atomic mass is 16.5. The molecule has 6 nitrogen and oxygen atoms in total. The summed E-state index contributed by atoms with van der Waals surface area (Å²) >= 11 is 0. The van der Waals surface area contributed by atoms with E-state index in [4.69, 9.17) is 9.47 Å². The lowest BCUT2D eigenvalue weighted by molar-refractivity contribution is -0.118. The van der Waals surface area contributed by atoms with Crippen molar-refractivity contribution in [1.82, 2.24) is 0 Å². The lowest BCUT2D eigenvalue weighted by Crippen LogP contribution is -2.25. The Hall–Kier alpha value is -4.06. The van der Waals surface area contributed by atoms with Gasteiger partial charge in [-0.15, -0.1) is 0 Å². The van der Waals surface area contributed by atoms with Crippen LogP contribution in [-0.2, 0) is 16.2 Å². The average molecular weight is 400 g/mol. The molecule has 4 rings (SSSR count). The molecule has 0 unspecified atom stereocenters. The number of hydrogen-bond acceptors (Lipinski definition) is 4. The van der Waals surface area contributed by atoms with Gasteiger partial charge in [-0.1, -0.05) is 42.5 Å². The van der Waals surface area contributed by atoms with E-state index in [1.54, 1.807) is 24.3 Å². The third kappa shape index (κ3) is 5.05. The van der Waals surface area contributed by atoms with Gasteiger partial charge >= 0.3 is 0 Å².